The molecule has 2 aromatic rings. The Bertz CT molecular complexity index is 936. The van der Waals surface area contributed by atoms with Crippen LogP contribution in [-0.2, 0) is 16.3 Å². The van der Waals surface area contributed by atoms with E-state index in [0.717, 1.165) is 23.4 Å². The van der Waals surface area contributed by atoms with Crippen LogP contribution in [0.2, 0.25) is 0 Å². The molecule has 136 valence electrons. The first-order chi connectivity index (χ1) is 12.4. The van der Waals surface area contributed by atoms with Crippen molar-refractivity contribution < 1.29 is 13.2 Å². The number of carbonyl (C=O) groups excluding carboxylic acids is 1. The van der Waals surface area contributed by atoms with Crippen molar-refractivity contribution in [3.8, 4) is 0 Å². The van der Waals surface area contributed by atoms with Crippen LogP contribution in [-0.4, -0.2) is 38.0 Å². The Morgan fingerprint density at radius 1 is 0.885 bits per heavy atom. The third kappa shape index (κ3) is 2.78. The van der Waals surface area contributed by atoms with E-state index in [2.05, 4.69) is 6.92 Å². The summed E-state index contributed by atoms with van der Waals surface area (Å²) >= 11 is 0. The van der Waals surface area contributed by atoms with Crippen LogP contribution in [0.15, 0.2) is 48.5 Å². The first-order valence-corrected chi connectivity index (χ1v) is 10.7. The molecule has 0 radical (unpaired) electrons. The highest BCUT2D eigenvalue weighted by Crippen LogP contribution is 2.38. The van der Waals surface area contributed by atoms with Gasteiger partial charge in [-0.1, -0.05) is 36.8 Å². The Kier molecular flexibility index (Phi) is 4.03. The number of fused-ring (bicyclic) bond motifs is 1. The molecule has 5 nitrogen and oxygen atoms in total. The first kappa shape index (κ1) is 17.1. The molecular formula is C20H22N2O3S. The van der Waals surface area contributed by atoms with Gasteiger partial charge in [0.2, 0.25) is 0 Å². The van der Waals surface area contributed by atoms with Crippen molar-refractivity contribution in [3.63, 3.8) is 0 Å². The van der Waals surface area contributed by atoms with Crippen molar-refractivity contribution >= 4 is 27.2 Å². The molecule has 2 amide bonds. The molecule has 0 bridgehead atoms. The van der Waals surface area contributed by atoms with E-state index in [1.54, 1.807) is 9.80 Å². The van der Waals surface area contributed by atoms with E-state index in [1.165, 1.54) is 5.56 Å². The molecule has 2 aliphatic heterocycles. The van der Waals surface area contributed by atoms with Gasteiger partial charge in [0.1, 0.15) is 0 Å². The van der Waals surface area contributed by atoms with E-state index in [4.69, 9.17) is 0 Å². The molecule has 26 heavy (non-hydrogen) atoms. The second-order valence-corrected chi connectivity index (χ2v) is 9.24. The average Bonchev–Trinajstić information content (AvgIpc) is 3.05. The number of benzene rings is 2. The Balaban J connectivity index is 1.77. The van der Waals surface area contributed by atoms with Gasteiger partial charge >= 0.3 is 6.03 Å². The van der Waals surface area contributed by atoms with E-state index in [1.807, 2.05) is 55.5 Å². The van der Waals surface area contributed by atoms with Crippen LogP contribution in [0.25, 0.3) is 0 Å². The molecule has 2 aliphatic rings. The number of aryl methyl sites for hydroxylation is 2. The summed E-state index contributed by atoms with van der Waals surface area (Å²) in [7, 11) is -3.17. The monoisotopic (exact) mass is 370 g/mol. The van der Waals surface area contributed by atoms with Gasteiger partial charge < -0.3 is 0 Å². The van der Waals surface area contributed by atoms with Crippen LogP contribution in [0.5, 0.6) is 0 Å². The van der Waals surface area contributed by atoms with E-state index in [0.29, 0.717) is 0 Å². The van der Waals surface area contributed by atoms with Gasteiger partial charge in [-0.05, 0) is 43.2 Å². The number of urea groups is 1. The van der Waals surface area contributed by atoms with E-state index in [-0.39, 0.29) is 29.6 Å². The zero-order chi connectivity index (χ0) is 18.5. The van der Waals surface area contributed by atoms with Gasteiger partial charge in [-0.3, -0.25) is 9.80 Å². The van der Waals surface area contributed by atoms with Gasteiger partial charge in [0.05, 0.1) is 23.6 Å². The van der Waals surface area contributed by atoms with Crippen molar-refractivity contribution in [1.29, 1.82) is 0 Å². The summed E-state index contributed by atoms with van der Waals surface area (Å²) in [4.78, 5) is 16.5. The van der Waals surface area contributed by atoms with Crippen LogP contribution in [0, 0.1) is 6.92 Å². The standard InChI is InChI=1S/C20H22N2O3S/c1-3-15-6-10-17(11-7-15)22-19-13-26(24,25)12-18(19)21(20(22)23)16-8-4-14(2)5-9-16/h4-11,18-19H,3,12-13H2,1-2H3/t18-,19-/m0/s1. The predicted molar refractivity (Wildman–Crippen MR) is 104 cm³/mol. The number of sulfone groups is 1. The molecule has 0 aliphatic carbocycles. The van der Waals surface area contributed by atoms with Gasteiger partial charge in [0, 0.05) is 11.4 Å². The van der Waals surface area contributed by atoms with Crippen LogP contribution in [0.4, 0.5) is 16.2 Å². The molecule has 0 unspecified atom stereocenters. The topological polar surface area (TPSA) is 57.7 Å². The van der Waals surface area contributed by atoms with E-state index >= 15 is 0 Å². The number of hydrogen-bond donors (Lipinski definition) is 0. The predicted octanol–water partition coefficient (Wildman–Crippen LogP) is 3.17. The highest BCUT2D eigenvalue weighted by Gasteiger charge is 2.54. The van der Waals surface area contributed by atoms with Crippen molar-refractivity contribution in [2.45, 2.75) is 32.4 Å². The third-order valence-corrected chi connectivity index (χ3v) is 7.00. The molecule has 6 heteroatoms. The smallest absolute Gasteiger partial charge is 0.288 e. The molecule has 2 saturated heterocycles. The lowest BCUT2D eigenvalue weighted by molar-refractivity contribution is 0.255. The van der Waals surface area contributed by atoms with Gasteiger partial charge in [-0.2, -0.15) is 0 Å². The summed E-state index contributed by atoms with van der Waals surface area (Å²) in [5.41, 5.74) is 3.80. The Labute approximate surface area is 154 Å². The van der Waals surface area contributed by atoms with Gasteiger partial charge in [-0.15, -0.1) is 0 Å². The molecule has 0 spiro atoms. The number of carbonyl (C=O) groups is 1. The van der Waals surface area contributed by atoms with Crippen LogP contribution >= 0.6 is 0 Å². The summed E-state index contributed by atoms with van der Waals surface area (Å²) in [6.45, 7) is 4.06. The fraction of sp³-hybridized carbons (Fsp3) is 0.350. The van der Waals surface area contributed by atoms with E-state index < -0.39 is 9.84 Å². The third-order valence-electron chi connectivity index (χ3n) is 5.30. The molecular weight excluding hydrogens is 348 g/mol. The van der Waals surface area contributed by atoms with Crippen LogP contribution in [0.1, 0.15) is 18.1 Å². The largest absolute Gasteiger partial charge is 0.329 e. The Hall–Kier alpha value is -2.34. The summed E-state index contributed by atoms with van der Waals surface area (Å²) in [6.07, 6.45) is 0.921. The van der Waals surface area contributed by atoms with Crippen molar-refractivity contribution in [1.82, 2.24) is 0 Å². The molecule has 2 heterocycles. The van der Waals surface area contributed by atoms with Gasteiger partial charge in [-0.25, -0.2) is 13.2 Å². The molecule has 2 aromatic carbocycles. The number of nitrogens with zero attached hydrogens (tertiary/aromatic N) is 2. The number of hydrogen-bond acceptors (Lipinski definition) is 3. The molecule has 0 aromatic heterocycles. The van der Waals surface area contributed by atoms with E-state index in [9.17, 15) is 13.2 Å². The minimum atomic E-state index is -3.17. The summed E-state index contributed by atoms with van der Waals surface area (Å²) in [5, 5.41) is 0. The molecule has 0 saturated carbocycles. The summed E-state index contributed by atoms with van der Waals surface area (Å²) in [6, 6.07) is 14.6. The second kappa shape index (κ2) is 6.13. The van der Waals surface area contributed by atoms with Crippen molar-refractivity contribution in [2.24, 2.45) is 0 Å². The molecule has 4 rings (SSSR count). The van der Waals surface area contributed by atoms with Crippen LogP contribution in [0.3, 0.4) is 0 Å². The maximum Gasteiger partial charge on any atom is 0.329 e. The molecule has 0 N–H and O–H groups in total. The van der Waals surface area contributed by atoms with Crippen molar-refractivity contribution in [2.75, 3.05) is 21.3 Å². The second-order valence-electron chi connectivity index (χ2n) is 7.09. The lowest BCUT2D eigenvalue weighted by Gasteiger charge is -2.23. The number of amides is 2. The minimum absolute atomic E-state index is 0.0147. The fourth-order valence-corrected chi connectivity index (χ4v) is 5.82. The normalized spacial score (nSPS) is 24.2. The zero-order valence-corrected chi connectivity index (χ0v) is 15.7. The summed E-state index contributed by atoms with van der Waals surface area (Å²) < 4.78 is 24.6. The quantitative estimate of drug-likeness (QED) is 0.780. The van der Waals surface area contributed by atoms with Crippen molar-refractivity contribution in [3.05, 3.63) is 59.7 Å². The number of anilines is 2. The highest BCUT2D eigenvalue weighted by atomic mass is 32.2. The number of rotatable bonds is 3. The maximum absolute atomic E-state index is 13.2. The van der Waals surface area contributed by atoms with Crippen LogP contribution < -0.4 is 9.80 Å². The average molecular weight is 370 g/mol. The first-order valence-electron chi connectivity index (χ1n) is 8.88. The molecule has 2 atom stereocenters. The Morgan fingerprint density at radius 2 is 1.35 bits per heavy atom. The lowest BCUT2D eigenvalue weighted by Crippen LogP contribution is -2.37. The minimum Gasteiger partial charge on any atom is -0.288 e. The van der Waals surface area contributed by atoms with Gasteiger partial charge in [0.15, 0.2) is 9.84 Å². The van der Waals surface area contributed by atoms with Gasteiger partial charge in [0.25, 0.3) is 0 Å². The highest BCUT2D eigenvalue weighted by molar-refractivity contribution is 7.91. The molecule has 2 fully saturated rings. The zero-order valence-electron chi connectivity index (χ0n) is 14.9. The fourth-order valence-electron chi connectivity index (χ4n) is 3.90. The maximum atomic E-state index is 13.2. The summed E-state index contributed by atoms with van der Waals surface area (Å²) in [5.74, 6) is 0.0299. The SMILES string of the molecule is CCc1ccc(N2C(=O)N(c3ccc(C)cc3)[C@H]3CS(=O)(=O)C[C@@H]32)cc1. The Morgan fingerprint density at radius 3 is 1.81 bits per heavy atom. The lowest BCUT2D eigenvalue weighted by atomic mass is 10.1.